The molecular weight excluding hydrogens is 258 g/mol. The van der Waals surface area contributed by atoms with Crippen LogP contribution < -0.4 is 5.32 Å². The lowest BCUT2D eigenvalue weighted by molar-refractivity contribution is 0.210. The average Bonchev–Trinajstić information content (AvgIpc) is 2.12. The van der Waals surface area contributed by atoms with Crippen LogP contribution in [0.1, 0.15) is 61.8 Å². The third-order valence-electron chi connectivity index (χ3n) is 3.57. The van der Waals surface area contributed by atoms with Gasteiger partial charge in [-0.15, -0.1) is 0 Å². The number of hydrogen-bond donors (Lipinski definition) is 1. The van der Waals surface area contributed by atoms with Crippen LogP contribution in [-0.4, -0.2) is 31.5 Å². The van der Waals surface area contributed by atoms with E-state index >= 15 is 0 Å². The molecule has 0 rings (SSSR count). The van der Waals surface area contributed by atoms with Gasteiger partial charge in [0.15, 0.2) is 9.84 Å². The van der Waals surface area contributed by atoms with Gasteiger partial charge in [0.05, 0.1) is 11.0 Å². The minimum Gasteiger partial charge on any atom is -0.312 e. The standard InChI is InChI=1S/C15H33NO2S/c1-12(2)19(17,18)10-9-13(14(3,4)5)11-16-15(6,7)8/h12-13,16H,9-11H2,1-8H3. The molecule has 0 saturated heterocycles. The molecule has 0 heterocycles. The second-order valence-electron chi connectivity index (χ2n) is 7.90. The molecule has 0 spiro atoms. The van der Waals surface area contributed by atoms with Gasteiger partial charge in [0, 0.05) is 5.54 Å². The molecule has 0 radical (unpaired) electrons. The molecule has 0 aliphatic heterocycles. The highest BCUT2D eigenvalue weighted by Crippen LogP contribution is 2.29. The molecule has 4 heteroatoms. The second kappa shape index (κ2) is 6.57. The summed E-state index contributed by atoms with van der Waals surface area (Å²) in [4.78, 5) is 0. The summed E-state index contributed by atoms with van der Waals surface area (Å²) in [7, 11) is -2.94. The fourth-order valence-corrected chi connectivity index (χ4v) is 2.90. The van der Waals surface area contributed by atoms with Gasteiger partial charge in [0.2, 0.25) is 0 Å². The predicted molar refractivity (Wildman–Crippen MR) is 84.2 cm³/mol. The molecule has 1 atom stereocenters. The minimum absolute atomic E-state index is 0.0699. The molecule has 0 saturated carbocycles. The summed E-state index contributed by atoms with van der Waals surface area (Å²) in [6, 6.07) is 0. The highest BCUT2D eigenvalue weighted by atomic mass is 32.2. The van der Waals surface area contributed by atoms with Crippen LogP contribution in [0, 0.1) is 11.3 Å². The van der Waals surface area contributed by atoms with Crippen LogP contribution in [-0.2, 0) is 9.84 Å². The lowest BCUT2D eigenvalue weighted by Gasteiger charge is -2.34. The van der Waals surface area contributed by atoms with Crippen LogP contribution in [0.5, 0.6) is 0 Å². The number of rotatable bonds is 6. The maximum absolute atomic E-state index is 11.9. The molecule has 3 nitrogen and oxygen atoms in total. The van der Waals surface area contributed by atoms with Crippen LogP contribution in [0.2, 0.25) is 0 Å². The summed E-state index contributed by atoms with van der Waals surface area (Å²) < 4.78 is 23.9. The second-order valence-corrected chi connectivity index (χ2v) is 10.6. The van der Waals surface area contributed by atoms with Gasteiger partial charge in [-0.3, -0.25) is 0 Å². The van der Waals surface area contributed by atoms with E-state index in [1.54, 1.807) is 13.8 Å². The van der Waals surface area contributed by atoms with Gasteiger partial charge in [-0.1, -0.05) is 20.8 Å². The third-order valence-corrected chi connectivity index (χ3v) is 5.81. The Morgan fingerprint density at radius 2 is 1.47 bits per heavy atom. The van der Waals surface area contributed by atoms with Crippen molar-refractivity contribution in [1.82, 2.24) is 5.32 Å². The Morgan fingerprint density at radius 1 is 1.00 bits per heavy atom. The largest absolute Gasteiger partial charge is 0.312 e. The molecule has 0 amide bonds. The van der Waals surface area contributed by atoms with Crippen molar-refractivity contribution in [1.29, 1.82) is 0 Å². The SMILES string of the molecule is CC(C)S(=O)(=O)CCC(CNC(C)(C)C)C(C)(C)C. The van der Waals surface area contributed by atoms with Crippen molar-refractivity contribution in [3.63, 3.8) is 0 Å². The van der Waals surface area contributed by atoms with Gasteiger partial charge < -0.3 is 5.32 Å². The third kappa shape index (κ3) is 7.93. The van der Waals surface area contributed by atoms with Crippen LogP contribution >= 0.6 is 0 Å². The Balaban J connectivity index is 4.64. The molecule has 0 fully saturated rings. The van der Waals surface area contributed by atoms with Crippen LogP contribution in [0.15, 0.2) is 0 Å². The van der Waals surface area contributed by atoms with Crippen LogP contribution in [0.25, 0.3) is 0 Å². The van der Waals surface area contributed by atoms with Crippen molar-refractivity contribution < 1.29 is 8.42 Å². The fraction of sp³-hybridized carbons (Fsp3) is 1.00. The van der Waals surface area contributed by atoms with Gasteiger partial charge in [0.1, 0.15) is 0 Å². The van der Waals surface area contributed by atoms with Crippen molar-refractivity contribution in [2.45, 2.75) is 72.6 Å². The molecule has 116 valence electrons. The Hall–Kier alpha value is -0.0900. The zero-order chi connectivity index (χ0) is 15.5. The molecule has 0 bridgehead atoms. The van der Waals surface area contributed by atoms with Gasteiger partial charge in [-0.2, -0.15) is 0 Å². The predicted octanol–water partition coefficient (Wildman–Crippen LogP) is 3.25. The van der Waals surface area contributed by atoms with Gasteiger partial charge in [-0.25, -0.2) is 8.42 Å². The normalized spacial score (nSPS) is 15.8. The monoisotopic (exact) mass is 291 g/mol. The van der Waals surface area contributed by atoms with Crippen molar-refractivity contribution in [2.75, 3.05) is 12.3 Å². The Kier molecular flexibility index (Phi) is 6.54. The van der Waals surface area contributed by atoms with E-state index in [4.69, 9.17) is 0 Å². The Bertz CT molecular complexity index is 359. The maximum atomic E-state index is 11.9. The highest BCUT2D eigenvalue weighted by molar-refractivity contribution is 7.91. The smallest absolute Gasteiger partial charge is 0.152 e. The van der Waals surface area contributed by atoms with E-state index in [-0.39, 0.29) is 16.2 Å². The van der Waals surface area contributed by atoms with Crippen LogP contribution in [0.4, 0.5) is 0 Å². The van der Waals surface area contributed by atoms with Crippen molar-refractivity contribution in [3.8, 4) is 0 Å². The number of hydrogen-bond acceptors (Lipinski definition) is 3. The van der Waals surface area contributed by atoms with E-state index in [1.807, 2.05) is 0 Å². The first kappa shape index (κ1) is 18.9. The maximum Gasteiger partial charge on any atom is 0.152 e. The zero-order valence-corrected chi connectivity index (χ0v) is 14.8. The zero-order valence-electron chi connectivity index (χ0n) is 14.0. The van der Waals surface area contributed by atoms with Gasteiger partial charge >= 0.3 is 0 Å². The summed E-state index contributed by atoms with van der Waals surface area (Å²) in [5, 5.41) is 3.22. The summed E-state index contributed by atoms with van der Waals surface area (Å²) in [6.07, 6.45) is 0.729. The first-order valence-electron chi connectivity index (χ1n) is 7.22. The lowest BCUT2D eigenvalue weighted by Crippen LogP contribution is -2.42. The summed E-state index contributed by atoms with van der Waals surface area (Å²) >= 11 is 0. The molecule has 1 unspecified atom stereocenters. The molecular formula is C15H33NO2S. The first-order valence-corrected chi connectivity index (χ1v) is 8.94. The fourth-order valence-electron chi connectivity index (χ4n) is 1.81. The highest BCUT2D eigenvalue weighted by Gasteiger charge is 2.28. The van der Waals surface area contributed by atoms with Crippen molar-refractivity contribution in [3.05, 3.63) is 0 Å². The van der Waals surface area contributed by atoms with E-state index < -0.39 is 9.84 Å². The quantitative estimate of drug-likeness (QED) is 0.817. The average molecular weight is 292 g/mol. The molecule has 1 N–H and O–H groups in total. The van der Waals surface area contributed by atoms with E-state index in [0.29, 0.717) is 11.7 Å². The first-order chi connectivity index (χ1) is 8.26. The molecule has 0 aliphatic carbocycles. The molecule has 0 aromatic rings. The van der Waals surface area contributed by atoms with Gasteiger partial charge in [-0.05, 0) is 58.9 Å². The summed E-state index contributed by atoms with van der Waals surface area (Å²) in [5.41, 5.74) is 0.186. The summed E-state index contributed by atoms with van der Waals surface area (Å²) in [6.45, 7) is 17.3. The van der Waals surface area contributed by atoms with Crippen molar-refractivity contribution >= 4 is 9.84 Å². The van der Waals surface area contributed by atoms with E-state index in [0.717, 1.165) is 13.0 Å². The molecule has 0 aliphatic rings. The Morgan fingerprint density at radius 3 is 1.79 bits per heavy atom. The number of sulfone groups is 1. The lowest BCUT2D eigenvalue weighted by atomic mass is 9.79. The van der Waals surface area contributed by atoms with E-state index in [2.05, 4.69) is 46.9 Å². The van der Waals surface area contributed by atoms with Gasteiger partial charge in [0.25, 0.3) is 0 Å². The molecule has 0 aromatic carbocycles. The molecule has 19 heavy (non-hydrogen) atoms. The number of nitrogens with one attached hydrogen (secondary N) is 1. The van der Waals surface area contributed by atoms with Crippen molar-refractivity contribution in [2.24, 2.45) is 11.3 Å². The van der Waals surface area contributed by atoms with E-state index in [9.17, 15) is 8.42 Å². The minimum atomic E-state index is -2.94. The summed E-state index contributed by atoms with van der Waals surface area (Å²) in [5.74, 6) is 0.651. The molecule has 0 aromatic heterocycles. The van der Waals surface area contributed by atoms with E-state index in [1.165, 1.54) is 0 Å². The topological polar surface area (TPSA) is 46.2 Å². The Labute approximate surface area is 120 Å². The van der Waals surface area contributed by atoms with Crippen LogP contribution in [0.3, 0.4) is 0 Å².